The first-order valence-electron chi connectivity index (χ1n) is 9.13. The highest BCUT2D eigenvalue weighted by Crippen LogP contribution is 2.19. The van der Waals surface area contributed by atoms with Crippen LogP contribution in [0.5, 0.6) is 0 Å². The average Bonchev–Trinajstić information content (AvgIpc) is 3.08. The van der Waals surface area contributed by atoms with Crippen molar-refractivity contribution in [3.63, 3.8) is 0 Å². The standard InChI is InChI=1S/C20H25N3O3/c24-13-18(20(26)22-15-6-2-1-3-7-15)23-19(25)11-10-14-12-21-17-9-5-4-8-16(14)17/h4-5,8-12,15,18,21,24H,1-3,6-7,13H2,(H,22,26)(H,23,25)/t18-/m0/s1. The van der Waals surface area contributed by atoms with E-state index in [0.29, 0.717) is 0 Å². The van der Waals surface area contributed by atoms with Crippen LogP contribution in [0, 0.1) is 0 Å². The van der Waals surface area contributed by atoms with Gasteiger partial charge in [0.1, 0.15) is 6.04 Å². The largest absolute Gasteiger partial charge is 0.394 e. The number of amides is 2. The molecule has 2 amide bonds. The van der Waals surface area contributed by atoms with E-state index in [2.05, 4.69) is 15.6 Å². The molecule has 0 aliphatic heterocycles. The fourth-order valence-corrected chi connectivity index (χ4v) is 3.36. The van der Waals surface area contributed by atoms with Crippen molar-refractivity contribution in [1.29, 1.82) is 0 Å². The van der Waals surface area contributed by atoms with Gasteiger partial charge in [-0.25, -0.2) is 0 Å². The Morgan fingerprint density at radius 2 is 2.00 bits per heavy atom. The van der Waals surface area contributed by atoms with Crippen molar-refractivity contribution >= 4 is 28.8 Å². The lowest BCUT2D eigenvalue weighted by Gasteiger charge is -2.25. The number of aromatic amines is 1. The van der Waals surface area contributed by atoms with Gasteiger partial charge in [0.25, 0.3) is 0 Å². The summed E-state index contributed by atoms with van der Waals surface area (Å²) >= 11 is 0. The lowest BCUT2D eigenvalue weighted by atomic mass is 9.95. The third-order valence-corrected chi connectivity index (χ3v) is 4.80. The summed E-state index contributed by atoms with van der Waals surface area (Å²) in [5.41, 5.74) is 1.88. The van der Waals surface area contributed by atoms with Gasteiger partial charge in [-0.05, 0) is 30.5 Å². The van der Waals surface area contributed by atoms with Crippen molar-refractivity contribution in [2.75, 3.05) is 6.61 Å². The molecule has 2 aromatic rings. The van der Waals surface area contributed by atoms with E-state index in [4.69, 9.17) is 0 Å². The second-order valence-corrected chi connectivity index (χ2v) is 6.71. The second kappa shape index (κ2) is 8.67. The normalized spacial score (nSPS) is 16.7. The summed E-state index contributed by atoms with van der Waals surface area (Å²) in [5, 5.41) is 16.0. The Balaban J connectivity index is 1.57. The summed E-state index contributed by atoms with van der Waals surface area (Å²) < 4.78 is 0. The Morgan fingerprint density at radius 3 is 2.77 bits per heavy atom. The molecule has 6 nitrogen and oxygen atoms in total. The molecule has 1 aromatic heterocycles. The van der Waals surface area contributed by atoms with E-state index in [1.165, 1.54) is 12.5 Å². The van der Waals surface area contributed by atoms with Gasteiger partial charge in [0.05, 0.1) is 6.61 Å². The maximum Gasteiger partial charge on any atom is 0.245 e. The van der Waals surface area contributed by atoms with Crippen LogP contribution in [0.1, 0.15) is 37.7 Å². The van der Waals surface area contributed by atoms with Gasteiger partial charge >= 0.3 is 0 Å². The molecule has 1 saturated carbocycles. The van der Waals surface area contributed by atoms with Crippen LogP contribution in [-0.2, 0) is 9.59 Å². The predicted octanol–water partition coefficient (Wildman–Crippen LogP) is 2.11. The van der Waals surface area contributed by atoms with Crippen molar-refractivity contribution in [2.24, 2.45) is 0 Å². The van der Waals surface area contributed by atoms with Gasteiger partial charge in [0, 0.05) is 29.2 Å². The number of nitrogens with one attached hydrogen (secondary N) is 3. The molecule has 3 rings (SSSR count). The monoisotopic (exact) mass is 355 g/mol. The van der Waals surface area contributed by atoms with Crippen LogP contribution in [0.15, 0.2) is 36.5 Å². The summed E-state index contributed by atoms with van der Waals surface area (Å²) in [6.07, 6.45) is 10.2. The van der Waals surface area contributed by atoms with Crippen LogP contribution < -0.4 is 10.6 Å². The van der Waals surface area contributed by atoms with Crippen LogP contribution in [0.4, 0.5) is 0 Å². The van der Waals surface area contributed by atoms with E-state index in [0.717, 1.165) is 42.1 Å². The van der Waals surface area contributed by atoms with E-state index in [1.54, 1.807) is 6.08 Å². The number of carbonyl (C=O) groups excluding carboxylic acids is 2. The molecule has 26 heavy (non-hydrogen) atoms. The molecule has 0 spiro atoms. The second-order valence-electron chi connectivity index (χ2n) is 6.71. The number of para-hydroxylation sites is 1. The number of hydrogen-bond acceptors (Lipinski definition) is 3. The molecule has 1 fully saturated rings. The van der Waals surface area contributed by atoms with E-state index in [1.807, 2.05) is 30.5 Å². The van der Waals surface area contributed by atoms with Crippen LogP contribution in [0.2, 0.25) is 0 Å². The topological polar surface area (TPSA) is 94.2 Å². The van der Waals surface area contributed by atoms with Crippen LogP contribution >= 0.6 is 0 Å². The molecule has 1 aromatic carbocycles. The molecule has 1 aliphatic carbocycles. The van der Waals surface area contributed by atoms with Gasteiger partial charge in [0.2, 0.25) is 11.8 Å². The lowest BCUT2D eigenvalue weighted by Crippen LogP contribution is -2.51. The number of fused-ring (bicyclic) bond motifs is 1. The molecular formula is C20H25N3O3. The highest BCUT2D eigenvalue weighted by molar-refractivity contribution is 5.98. The molecule has 0 saturated heterocycles. The molecule has 138 valence electrons. The lowest BCUT2D eigenvalue weighted by molar-refractivity contribution is -0.128. The molecule has 0 unspecified atom stereocenters. The van der Waals surface area contributed by atoms with Gasteiger partial charge in [-0.3, -0.25) is 9.59 Å². The number of H-pyrrole nitrogens is 1. The molecule has 1 aliphatic rings. The van der Waals surface area contributed by atoms with E-state index < -0.39 is 18.6 Å². The molecule has 4 N–H and O–H groups in total. The Morgan fingerprint density at radius 1 is 1.23 bits per heavy atom. The third-order valence-electron chi connectivity index (χ3n) is 4.80. The summed E-state index contributed by atoms with van der Waals surface area (Å²) in [6.45, 7) is -0.425. The highest BCUT2D eigenvalue weighted by atomic mass is 16.3. The van der Waals surface area contributed by atoms with Gasteiger partial charge in [-0.1, -0.05) is 37.5 Å². The minimum atomic E-state index is -0.933. The molecule has 0 radical (unpaired) electrons. The number of aliphatic hydroxyl groups excluding tert-OH is 1. The Labute approximate surface area is 152 Å². The van der Waals surface area contributed by atoms with E-state index >= 15 is 0 Å². The summed E-state index contributed by atoms with van der Waals surface area (Å²) in [4.78, 5) is 27.6. The Kier molecular flexibility index (Phi) is 6.07. The first kappa shape index (κ1) is 18.2. The number of rotatable bonds is 6. The molecule has 1 heterocycles. The number of aliphatic hydroxyl groups is 1. The minimum Gasteiger partial charge on any atom is -0.394 e. The molecule has 0 bridgehead atoms. The van der Waals surface area contributed by atoms with Crippen molar-refractivity contribution < 1.29 is 14.7 Å². The number of carbonyl (C=O) groups is 2. The van der Waals surface area contributed by atoms with Gasteiger partial charge in [-0.2, -0.15) is 0 Å². The van der Waals surface area contributed by atoms with Crippen LogP contribution in [0.3, 0.4) is 0 Å². The third kappa shape index (κ3) is 4.52. The Bertz CT molecular complexity index is 790. The van der Waals surface area contributed by atoms with Crippen LogP contribution in [0.25, 0.3) is 17.0 Å². The van der Waals surface area contributed by atoms with Crippen molar-refractivity contribution in [2.45, 2.75) is 44.2 Å². The van der Waals surface area contributed by atoms with Crippen molar-refractivity contribution in [1.82, 2.24) is 15.6 Å². The van der Waals surface area contributed by atoms with E-state index in [-0.39, 0.29) is 11.9 Å². The first-order chi connectivity index (χ1) is 12.7. The van der Waals surface area contributed by atoms with Crippen molar-refractivity contribution in [3.8, 4) is 0 Å². The minimum absolute atomic E-state index is 0.143. The van der Waals surface area contributed by atoms with E-state index in [9.17, 15) is 14.7 Å². The summed E-state index contributed by atoms with van der Waals surface area (Å²) in [6, 6.07) is 7.02. The maximum absolute atomic E-state index is 12.3. The highest BCUT2D eigenvalue weighted by Gasteiger charge is 2.23. The number of hydrogen-bond donors (Lipinski definition) is 4. The SMILES string of the molecule is O=C(C=Cc1c[nH]c2ccccc12)N[C@@H](CO)C(=O)NC1CCCCC1. The molecular weight excluding hydrogens is 330 g/mol. The molecule has 6 heteroatoms. The quantitative estimate of drug-likeness (QED) is 0.598. The maximum atomic E-state index is 12.3. The zero-order valence-electron chi connectivity index (χ0n) is 14.7. The van der Waals surface area contributed by atoms with Gasteiger partial charge in [-0.15, -0.1) is 0 Å². The first-order valence-corrected chi connectivity index (χ1v) is 9.13. The molecule has 1 atom stereocenters. The average molecular weight is 355 g/mol. The zero-order chi connectivity index (χ0) is 18.4. The number of aromatic nitrogens is 1. The van der Waals surface area contributed by atoms with Gasteiger partial charge < -0.3 is 20.7 Å². The number of benzene rings is 1. The van der Waals surface area contributed by atoms with Crippen LogP contribution in [-0.4, -0.2) is 40.6 Å². The van der Waals surface area contributed by atoms with Crippen molar-refractivity contribution in [3.05, 3.63) is 42.1 Å². The Hall–Kier alpha value is -2.60. The smallest absolute Gasteiger partial charge is 0.245 e. The fourth-order valence-electron chi connectivity index (χ4n) is 3.36. The zero-order valence-corrected chi connectivity index (χ0v) is 14.7. The summed E-state index contributed by atoms with van der Waals surface area (Å²) in [5.74, 6) is -0.735. The fraction of sp³-hybridized carbons (Fsp3) is 0.400. The predicted molar refractivity (Wildman–Crippen MR) is 101 cm³/mol. The van der Waals surface area contributed by atoms with Gasteiger partial charge in [0.15, 0.2) is 0 Å². The summed E-state index contributed by atoms with van der Waals surface area (Å²) in [7, 11) is 0.